The molecule has 1 heterocycles. The second kappa shape index (κ2) is 5.80. The van der Waals surface area contributed by atoms with Crippen LogP contribution >= 0.6 is 0 Å². The summed E-state index contributed by atoms with van der Waals surface area (Å²) in [5, 5.41) is 10.0. The lowest BCUT2D eigenvalue weighted by Crippen LogP contribution is -2.30. The second-order valence-electron chi connectivity index (χ2n) is 5.16. The fourth-order valence-corrected chi connectivity index (χ4v) is 1.68. The van der Waals surface area contributed by atoms with Gasteiger partial charge >= 0.3 is 0 Å². The monoisotopic (exact) mass is 238 g/mol. The molecule has 2 N–H and O–H groups in total. The van der Waals surface area contributed by atoms with Gasteiger partial charge in [-0.3, -0.25) is 9.89 Å². The van der Waals surface area contributed by atoms with E-state index in [2.05, 4.69) is 34.3 Å². The van der Waals surface area contributed by atoms with Crippen LogP contribution in [0.25, 0.3) is 0 Å². The lowest BCUT2D eigenvalue weighted by Gasteiger charge is -2.18. The number of aromatic nitrogens is 3. The number of carbonyl (C=O) groups is 1. The summed E-state index contributed by atoms with van der Waals surface area (Å²) in [4.78, 5) is 15.6. The molecule has 17 heavy (non-hydrogen) atoms. The molecule has 0 saturated carbocycles. The molecule has 1 atom stereocenters. The van der Waals surface area contributed by atoms with Crippen LogP contribution < -0.4 is 5.32 Å². The van der Waals surface area contributed by atoms with Crippen LogP contribution in [0.2, 0.25) is 0 Å². The molecule has 96 valence electrons. The van der Waals surface area contributed by atoms with E-state index in [-0.39, 0.29) is 17.9 Å². The van der Waals surface area contributed by atoms with E-state index in [4.69, 9.17) is 0 Å². The quantitative estimate of drug-likeness (QED) is 0.822. The van der Waals surface area contributed by atoms with Crippen molar-refractivity contribution in [1.82, 2.24) is 20.5 Å². The van der Waals surface area contributed by atoms with E-state index in [9.17, 15) is 4.79 Å². The molecule has 1 aromatic rings. The first-order valence-electron chi connectivity index (χ1n) is 6.08. The van der Waals surface area contributed by atoms with Gasteiger partial charge in [-0.15, -0.1) is 0 Å². The number of aromatic amines is 1. The molecule has 0 saturated heterocycles. The third-order valence-electron chi connectivity index (χ3n) is 2.45. The van der Waals surface area contributed by atoms with Crippen LogP contribution in [0.5, 0.6) is 0 Å². The highest BCUT2D eigenvalue weighted by molar-refractivity contribution is 5.73. The summed E-state index contributed by atoms with van der Waals surface area (Å²) >= 11 is 0. The molecule has 5 nitrogen and oxygen atoms in total. The molecule has 0 aliphatic carbocycles. The summed E-state index contributed by atoms with van der Waals surface area (Å²) in [5.74, 6) is 2.30. The molecule has 0 aromatic carbocycles. The van der Waals surface area contributed by atoms with Gasteiger partial charge in [-0.25, -0.2) is 4.98 Å². The van der Waals surface area contributed by atoms with Crippen LogP contribution in [0.3, 0.4) is 0 Å². The Morgan fingerprint density at radius 3 is 2.47 bits per heavy atom. The molecule has 0 unspecified atom stereocenters. The number of rotatable bonds is 5. The Morgan fingerprint density at radius 1 is 1.35 bits per heavy atom. The number of carbonyl (C=O) groups excluding carboxylic acids is 1. The molecule has 0 radical (unpaired) electrons. The molecule has 0 aliphatic rings. The minimum Gasteiger partial charge on any atom is -0.346 e. The normalized spacial score (nSPS) is 13.1. The maximum Gasteiger partial charge on any atom is 0.217 e. The van der Waals surface area contributed by atoms with Crippen molar-refractivity contribution >= 4 is 5.91 Å². The predicted octanol–water partition coefficient (Wildman–Crippen LogP) is 1.84. The first kappa shape index (κ1) is 13.7. The lowest BCUT2D eigenvalue weighted by molar-refractivity contribution is -0.120. The number of H-pyrrole nitrogens is 1. The zero-order valence-corrected chi connectivity index (χ0v) is 11.2. The summed E-state index contributed by atoms with van der Waals surface area (Å²) in [7, 11) is 0. The molecule has 0 aliphatic heterocycles. The number of nitrogens with one attached hydrogen (secondary N) is 2. The van der Waals surface area contributed by atoms with Crippen molar-refractivity contribution < 1.29 is 4.79 Å². The van der Waals surface area contributed by atoms with Gasteiger partial charge in [0.05, 0.1) is 6.04 Å². The Morgan fingerprint density at radius 2 is 2.00 bits per heavy atom. The van der Waals surface area contributed by atoms with Gasteiger partial charge in [-0.2, -0.15) is 5.10 Å². The largest absolute Gasteiger partial charge is 0.346 e. The second-order valence-corrected chi connectivity index (χ2v) is 5.16. The van der Waals surface area contributed by atoms with E-state index >= 15 is 0 Å². The van der Waals surface area contributed by atoms with Gasteiger partial charge in [0.25, 0.3) is 0 Å². The average molecular weight is 238 g/mol. The first-order valence-corrected chi connectivity index (χ1v) is 6.08. The number of amides is 1. The molecule has 5 heteroatoms. The topological polar surface area (TPSA) is 70.7 Å². The van der Waals surface area contributed by atoms with Crippen LogP contribution in [0.4, 0.5) is 0 Å². The van der Waals surface area contributed by atoms with Crippen molar-refractivity contribution in [3.63, 3.8) is 0 Å². The Labute approximate surface area is 102 Å². The Bertz CT molecular complexity index is 370. The minimum atomic E-state index is -0.121. The van der Waals surface area contributed by atoms with E-state index in [0.29, 0.717) is 11.7 Å². The van der Waals surface area contributed by atoms with Crippen molar-refractivity contribution in [1.29, 1.82) is 0 Å². The lowest BCUT2D eigenvalue weighted by atomic mass is 10.0. The summed E-state index contributed by atoms with van der Waals surface area (Å²) in [6, 6.07) is -0.121. The van der Waals surface area contributed by atoms with E-state index < -0.39 is 0 Å². The smallest absolute Gasteiger partial charge is 0.217 e. The predicted molar refractivity (Wildman–Crippen MR) is 66.3 cm³/mol. The van der Waals surface area contributed by atoms with Crippen LogP contribution in [0.15, 0.2) is 0 Å². The summed E-state index contributed by atoms with van der Waals surface area (Å²) in [6.45, 7) is 9.86. The van der Waals surface area contributed by atoms with Gasteiger partial charge in [0, 0.05) is 13.3 Å². The van der Waals surface area contributed by atoms with Crippen molar-refractivity contribution in [2.45, 2.75) is 47.1 Å². The molecule has 0 spiro atoms. The van der Waals surface area contributed by atoms with E-state index in [1.807, 2.05) is 13.8 Å². The Kier molecular flexibility index (Phi) is 4.66. The number of hydrogen-bond acceptors (Lipinski definition) is 3. The molecule has 1 amide bonds. The van der Waals surface area contributed by atoms with Gasteiger partial charge in [-0.05, 0) is 11.8 Å². The highest BCUT2D eigenvalue weighted by atomic mass is 16.1. The number of nitrogens with zero attached hydrogens (tertiary/aromatic N) is 2. The Balaban J connectivity index is 2.80. The molecule has 0 fully saturated rings. The standard InChI is InChI=1S/C12H22N4O/c1-7(2)6-10-14-12(16-15-10)11(8(3)4)13-9(5)17/h7-8,11H,6H2,1-5H3,(H,13,17)(H,14,15,16)/t11-/m0/s1. The van der Waals surface area contributed by atoms with Gasteiger partial charge in [0.2, 0.25) is 5.91 Å². The highest BCUT2D eigenvalue weighted by Crippen LogP contribution is 2.18. The van der Waals surface area contributed by atoms with E-state index in [0.717, 1.165) is 12.2 Å². The van der Waals surface area contributed by atoms with Crippen LogP contribution in [0.1, 0.15) is 52.3 Å². The van der Waals surface area contributed by atoms with Gasteiger partial charge in [0.1, 0.15) is 5.82 Å². The van der Waals surface area contributed by atoms with Crippen LogP contribution in [-0.4, -0.2) is 21.1 Å². The van der Waals surface area contributed by atoms with E-state index in [1.54, 1.807) is 0 Å². The maximum absolute atomic E-state index is 11.1. The zero-order valence-electron chi connectivity index (χ0n) is 11.2. The van der Waals surface area contributed by atoms with Crippen LogP contribution in [0, 0.1) is 11.8 Å². The summed E-state index contributed by atoms with van der Waals surface area (Å²) in [5.41, 5.74) is 0. The average Bonchev–Trinajstić information content (AvgIpc) is 2.60. The van der Waals surface area contributed by atoms with Crippen molar-refractivity contribution in [3.8, 4) is 0 Å². The fourth-order valence-electron chi connectivity index (χ4n) is 1.68. The third-order valence-corrected chi connectivity index (χ3v) is 2.45. The molecular weight excluding hydrogens is 216 g/mol. The van der Waals surface area contributed by atoms with E-state index in [1.165, 1.54) is 6.92 Å². The van der Waals surface area contributed by atoms with Crippen molar-refractivity contribution in [2.75, 3.05) is 0 Å². The number of hydrogen-bond donors (Lipinski definition) is 2. The fraction of sp³-hybridized carbons (Fsp3) is 0.750. The third kappa shape index (κ3) is 4.17. The molecular formula is C12H22N4O. The van der Waals surface area contributed by atoms with Gasteiger partial charge in [-0.1, -0.05) is 27.7 Å². The zero-order chi connectivity index (χ0) is 13.0. The van der Waals surface area contributed by atoms with Crippen molar-refractivity contribution in [2.24, 2.45) is 11.8 Å². The SMILES string of the molecule is CC(=O)N[C@H](c1n[nH]c(CC(C)C)n1)C(C)C. The van der Waals surface area contributed by atoms with Gasteiger partial charge < -0.3 is 5.32 Å². The minimum absolute atomic E-state index is 0.0566. The highest BCUT2D eigenvalue weighted by Gasteiger charge is 2.21. The first-order chi connectivity index (χ1) is 7.90. The maximum atomic E-state index is 11.1. The summed E-state index contributed by atoms with van der Waals surface area (Å²) in [6.07, 6.45) is 0.873. The van der Waals surface area contributed by atoms with Crippen LogP contribution in [-0.2, 0) is 11.2 Å². The van der Waals surface area contributed by atoms with Crippen molar-refractivity contribution in [3.05, 3.63) is 11.6 Å². The summed E-state index contributed by atoms with van der Waals surface area (Å²) < 4.78 is 0. The Hall–Kier alpha value is -1.39. The van der Waals surface area contributed by atoms with Gasteiger partial charge in [0.15, 0.2) is 5.82 Å². The molecule has 1 rings (SSSR count). The molecule has 0 bridgehead atoms. The molecule has 1 aromatic heterocycles.